The van der Waals surface area contributed by atoms with E-state index in [9.17, 15) is 0 Å². The summed E-state index contributed by atoms with van der Waals surface area (Å²) in [5.74, 6) is 0. The number of hydrogen-bond acceptors (Lipinski definition) is 3. The highest BCUT2D eigenvalue weighted by Gasteiger charge is 2.25. The number of nitrogens with one attached hydrogen (secondary N) is 1. The van der Waals surface area contributed by atoms with Gasteiger partial charge in [0, 0.05) is 23.8 Å². The summed E-state index contributed by atoms with van der Waals surface area (Å²) < 4.78 is 0. The van der Waals surface area contributed by atoms with Gasteiger partial charge in [-0.15, -0.1) is 11.3 Å². The zero-order chi connectivity index (χ0) is 11.8. The third-order valence-corrected chi connectivity index (χ3v) is 3.47. The van der Waals surface area contributed by atoms with E-state index in [1.165, 1.54) is 11.3 Å². The van der Waals surface area contributed by atoms with E-state index >= 15 is 0 Å². The summed E-state index contributed by atoms with van der Waals surface area (Å²) >= 11 is 1.72. The van der Waals surface area contributed by atoms with E-state index in [4.69, 9.17) is 4.98 Å². The van der Waals surface area contributed by atoms with Crippen molar-refractivity contribution in [1.82, 2.24) is 10.3 Å². The third-order valence-electron chi connectivity index (χ3n) is 2.59. The fourth-order valence-corrected chi connectivity index (χ4v) is 2.69. The molecule has 1 aromatic heterocycles. The van der Waals surface area contributed by atoms with Gasteiger partial charge in [-0.3, -0.25) is 5.32 Å². The molecule has 0 saturated carbocycles. The Labute approximate surface area is 124 Å². The van der Waals surface area contributed by atoms with Crippen molar-refractivity contribution in [1.29, 1.82) is 0 Å². The van der Waals surface area contributed by atoms with Crippen LogP contribution in [0.4, 0.5) is 0 Å². The second kappa shape index (κ2) is 5.46. The first-order valence-electron chi connectivity index (χ1n) is 5.48. The largest absolute Gasteiger partial charge is 1.00 e. The Bertz CT molecular complexity index is 452. The molecule has 92 valence electrons. The molecule has 1 N–H and O–H groups in total. The molecule has 0 fully saturated rings. The van der Waals surface area contributed by atoms with Crippen molar-refractivity contribution in [2.24, 2.45) is 0 Å². The van der Waals surface area contributed by atoms with Crippen molar-refractivity contribution >= 4 is 16.9 Å². The van der Waals surface area contributed by atoms with Crippen LogP contribution in [0.5, 0.6) is 0 Å². The molecule has 1 aliphatic rings. The number of dihydropyridines is 1. The predicted molar refractivity (Wildman–Crippen MR) is 69.2 cm³/mol. The molecule has 2 nitrogen and oxygen atoms in total. The number of aromatic nitrogens is 1. The minimum Gasteiger partial charge on any atom is -1.00 e. The summed E-state index contributed by atoms with van der Waals surface area (Å²) in [6.45, 7) is 9.49. The molecule has 2 heterocycles. The maximum Gasteiger partial charge on any atom is 0.209 e. The molecular weight excluding hydrogens is 343 g/mol. The molecule has 0 saturated heterocycles. The van der Waals surface area contributed by atoms with Crippen molar-refractivity contribution < 1.29 is 24.0 Å². The highest BCUT2D eigenvalue weighted by Crippen LogP contribution is 2.30. The van der Waals surface area contributed by atoms with Gasteiger partial charge in [0.1, 0.15) is 0 Å². The number of hydrogen-bond donors (Lipinski definition) is 1. The summed E-state index contributed by atoms with van der Waals surface area (Å²) in [4.78, 5) is 4.72. The van der Waals surface area contributed by atoms with Crippen LogP contribution in [-0.4, -0.2) is 11.5 Å². The Morgan fingerprint density at radius 1 is 1.41 bits per heavy atom. The van der Waals surface area contributed by atoms with Gasteiger partial charge in [-0.25, -0.2) is 4.98 Å². The first kappa shape index (κ1) is 14.6. The fraction of sp³-hybridized carbons (Fsp3) is 0.462. The molecule has 2 rings (SSSR count). The minimum absolute atomic E-state index is 0. The number of allylic oxidation sites excluding steroid dienone is 2. The monoisotopic (exact) mass is 360 g/mol. The van der Waals surface area contributed by atoms with Gasteiger partial charge in [0.25, 0.3) is 0 Å². The molecule has 0 spiro atoms. The quantitative estimate of drug-likeness (QED) is 0.569. The molecule has 1 aromatic rings. The highest BCUT2D eigenvalue weighted by atomic mass is 127. The van der Waals surface area contributed by atoms with Crippen molar-refractivity contribution in [3.05, 3.63) is 33.9 Å². The Morgan fingerprint density at radius 3 is 2.65 bits per heavy atom. The SMILES string of the molecule is CC1=[C+]NCC=C1c1nc(C(C)(C)C)cs1.[I-]. The summed E-state index contributed by atoms with van der Waals surface area (Å²) in [7, 11) is 0. The Hall–Kier alpha value is -0.450. The molecule has 0 radical (unpaired) electrons. The van der Waals surface area contributed by atoms with Gasteiger partial charge in [-0.05, 0) is 0 Å². The van der Waals surface area contributed by atoms with E-state index in [0.29, 0.717) is 0 Å². The average Bonchev–Trinajstić information content (AvgIpc) is 2.66. The van der Waals surface area contributed by atoms with E-state index in [0.717, 1.165) is 17.1 Å². The Balaban J connectivity index is 0.00000144. The first-order chi connectivity index (χ1) is 7.48. The summed E-state index contributed by atoms with van der Waals surface area (Å²) in [6.07, 6.45) is 5.32. The highest BCUT2D eigenvalue weighted by molar-refractivity contribution is 7.10. The van der Waals surface area contributed by atoms with Crippen LogP contribution < -0.4 is 29.3 Å². The average molecular weight is 360 g/mol. The standard InChI is InChI=1S/C13H17N2S.HI/c1-9-7-14-6-5-10(9)12-15-11(8-16-12)13(2,3)4;/h5,8,14H,6H2,1-4H3;1H/q+1;/p-1. The van der Waals surface area contributed by atoms with E-state index < -0.39 is 0 Å². The molecule has 0 amide bonds. The topological polar surface area (TPSA) is 24.9 Å². The van der Waals surface area contributed by atoms with Crippen LogP contribution in [0.2, 0.25) is 0 Å². The van der Waals surface area contributed by atoms with Crippen molar-refractivity contribution in [3.63, 3.8) is 0 Å². The Kier molecular flexibility index (Phi) is 4.69. The van der Waals surface area contributed by atoms with Crippen molar-refractivity contribution in [3.8, 4) is 0 Å². The van der Waals surface area contributed by atoms with Gasteiger partial charge in [-0.1, -0.05) is 20.8 Å². The Morgan fingerprint density at radius 2 is 2.12 bits per heavy atom. The second-order valence-electron chi connectivity index (χ2n) is 5.04. The molecule has 17 heavy (non-hydrogen) atoms. The van der Waals surface area contributed by atoms with Gasteiger partial charge in [0.2, 0.25) is 5.01 Å². The molecule has 0 aliphatic carbocycles. The van der Waals surface area contributed by atoms with Gasteiger partial charge >= 0.3 is 0 Å². The fourth-order valence-electron chi connectivity index (χ4n) is 1.55. The summed E-state index contributed by atoms with van der Waals surface area (Å²) in [6, 6.07) is 0. The van der Waals surface area contributed by atoms with Crippen LogP contribution in [0.1, 0.15) is 38.4 Å². The summed E-state index contributed by atoms with van der Waals surface area (Å²) in [5, 5.41) is 6.35. The maximum absolute atomic E-state index is 4.72. The van der Waals surface area contributed by atoms with Gasteiger partial charge in [-0.2, -0.15) is 0 Å². The smallest absolute Gasteiger partial charge is 0.209 e. The van der Waals surface area contributed by atoms with Crippen LogP contribution in [0.25, 0.3) is 5.57 Å². The molecule has 1 aliphatic heterocycles. The predicted octanol–water partition coefficient (Wildman–Crippen LogP) is 0.138. The number of thiazole rings is 1. The number of rotatable bonds is 1. The lowest BCUT2D eigenvalue weighted by molar-refractivity contribution is -0.00000375. The lowest BCUT2D eigenvalue weighted by Crippen LogP contribution is -3.00. The second-order valence-corrected chi connectivity index (χ2v) is 5.89. The normalized spacial score (nSPS) is 15.1. The van der Waals surface area contributed by atoms with Gasteiger partial charge in [0.15, 0.2) is 17.3 Å². The first-order valence-corrected chi connectivity index (χ1v) is 6.36. The van der Waals surface area contributed by atoms with Crippen LogP contribution in [0.15, 0.2) is 17.0 Å². The van der Waals surface area contributed by atoms with E-state index in [1.54, 1.807) is 11.3 Å². The molecule has 0 unspecified atom stereocenters. The van der Waals surface area contributed by atoms with E-state index in [2.05, 4.69) is 50.7 Å². The van der Waals surface area contributed by atoms with Gasteiger partial charge < -0.3 is 24.0 Å². The van der Waals surface area contributed by atoms with Crippen LogP contribution in [0.3, 0.4) is 0 Å². The summed E-state index contributed by atoms with van der Waals surface area (Å²) in [5.41, 5.74) is 3.66. The van der Waals surface area contributed by atoms with Gasteiger partial charge in [0.05, 0.1) is 12.2 Å². The molecule has 0 atom stereocenters. The molecule has 0 bridgehead atoms. The molecule has 0 aromatic carbocycles. The number of halogens is 1. The maximum atomic E-state index is 4.72. The van der Waals surface area contributed by atoms with Crippen LogP contribution in [-0.2, 0) is 5.41 Å². The third kappa shape index (κ3) is 3.27. The van der Waals surface area contributed by atoms with Crippen molar-refractivity contribution in [2.75, 3.05) is 6.54 Å². The molecular formula is C13H17IN2S. The lowest BCUT2D eigenvalue weighted by atomic mass is 9.93. The van der Waals surface area contributed by atoms with E-state index in [1.807, 2.05) is 0 Å². The minimum atomic E-state index is 0. The van der Waals surface area contributed by atoms with E-state index in [-0.39, 0.29) is 29.4 Å². The lowest BCUT2D eigenvalue weighted by Gasteiger charge is -2.13. The zero-order valence-corrected chi connectivity index (χ0v) is 13.6. The van der Waals surface area contributed by atoms with Crippen molar-refractivity contribution in [2.45, 2.75) is 33.1 Å². The van der Waals surface area contributed by atoms with Crippen LogP contribution in [0, 0.1) is 6.20 Å². The zero-order valence-electron chi connectivity index (χ0n) is 10.6. The number of nitrogens with zero attached hydrogens (tertiary/aromatic N) is 1. The van der Waals surface area contributed by atoms with Crippen LogP contribution >= 0.6 is 11.3 Å². The molecule has 4 heteroatoms.